The summed E-state index contributed by atoms with van der Waals surface area (Å²) in [5.41, 5.74) is 12.4. The van der Waals surface area contributed by atoms with Crippen LogP contribution in [0.4, 0.5) is 22.7 Å². The molecule has 22 nitrogen and oxygen atoms in total. The Kier molecular flexibility index (Phi) is 17.0. The summed E-state index contributed by atoms with van der Waals surface area (Å²) in [5, 5.41) is 15.1. The molecule has 3 aromatic carbocycles. The third-order valence-electron chi connectivity index (χ3n) is 6.42. The number of sulfone groups is 2. The van der Waals surface area contributed by atoms with E-state index in [0.29, 0.717) is 22.6 Å². The second kappa shape index (κ2) is 20.0. The minimum Gasteiger partial charge on any atom is -0.397 e. The van der Waals surface area contributed by atoms with E-state index in [1.807, 2.05) is 0 Å². The third-order valence-corrected chi connectivity index (χ3v) is 12.0. The monoisotopic (exact) mass is 872 g/mol. The molecule has 0 heterocycles. The van der Waals surface area contributed by atoms with Gasteiger partial charge in [-0.15, -0.1) is 5.11 Å². The molecule has 304 valence electrons. The van der Waals surface area contributed by atoms with E-state index < -0.39 is 97.4 Å². The summed E-state index contributed by atoms with van der Waals surface area (Å²) in [7, 11) is -18.5. The number of rotatable bonds is 19. The van der Waals surface area contributed by atoms with E-state index in [2.05, 4.69) is 34.1 Å². The highest BCUT2D eigenvalue weighted by molar-refractivity contribution is 7.92. The van der Waals surface area contributed by atoms with Gasteiger partial charge in [0, 0.05) is 7.05 Å². The Balaban J connectivity index is 0.000000387. The van der Waals surface area contributed by atoms with Crippen molar-refractivity contribution in [2.75, 3.05) is 56.5 Å². The van der Waals surface area contributed by atoms with E-state index in [1.165, 1.54) is 31.3 Å². The summed E-state index contributed by atoms with van der Waals surface area (Å²) in [4.78, 5) is 10.3. The van der Waals surface area contributed by atoms with Crippen molar-refractivity contribution in [3.63, 3.8) is 0 Å². The van der Waals surface area contributed by atoms with E-state index in [1.54, 1.807) is 18.2 Å². The van der Waals surface area contributed by atoms with Crippen LogP contribution in [0.25, 0.3) is 0 Å². The molecule has 0 aliphatic carbocycles. The van der Waals surface area contributed by atoms with Crippen LogP contribution in [0.15, 0.2) is 95.8 Å². The number of azo groups is 2. The number of nitrogens with zero attached hydrogens (tertiary/aromatic N) is 4. The first-order valence-electron chi connectivity index (χ1n) is 14.8. The molecule has 1 amide bonds. The average molecular weight is 873 g/mol. The van der Waals surface area contributed by atoms with Crippen molar-refractivity contribution in [2.45, 2.75) is 21.1 Å². The van der Waals surface area contributed by atoms with Gasteiger partial charge in [0.2, 0.25) is 5.91 Å². The van der Waals surface area contributed by atoms with Gasteiger partial charge in [0.25, 0.3) is 30.4 Å². The zero-order valence-corrected chi connectivity index (χ0v) is 32.9. The second-order valence-electron chi connectivity index (χ2n) is 10.6. The molecular weight excluding hydrogens is 837 g/mol. The molecule has 0 unspecified atom stereocenters. The molecule has 0 atom stereocenters. The Morgan fingerprint density at radius 2 is 1.25 bits per heavy atom. The number of nitrogens with two attached hydrogens (primary N) is 2. The van der Waals surface area contributed by atoms with Crippen LogP contribution in [0, 0.1) is 0 Å². The maximum absolute atomic E-state index is 12.2. The Hall–Kier alpha value is -4.32. The van der Waals surface area contributed by atoms with E-state index in [0.717, 1.165) is 25.3 Å². The predicted molar refractivity (Wildman–Crippen MR) is 194 cm³/mol. The number of carbonyl (C=O) groups is 1. The summed E-state index contributed by atoms with van der Waals surface area (Å²) >= 11 is 0. The standard InChI is InChI=1S/C17H20N4O7S2.C11H16N2O9S3/c18-15-3-1-2-12(10-16(19)22)17(15)21-20-13-4-6-14(7-5-13)29(23,24)9-8-28-11-30(25,26)27;1-12-13-10-4-3-9(7-11(10)25(19,20)21-2)23(14,15)6-5-22-8-24(16,17)18/h1-7H,8-11,18H2,(H2,19,22)(H,25,26,27);3-4,7H,5-6,8H2,1-2H3,(H,16,17,18). The number of ether oxygens (including phenoxy) is 2. The van der Waals surface area contributed by atoms with Crippen molar-refractivity contribution in [1.82, 2.24) is 0 Å². The quantitative estimate of drug-likeness (QED) is 0.0438. The van der Waals surface area contributed by atoms with E-state index in [-0.39, 0.29) is 21.9 Å². The van der Waals surface area contributed by atoms with Crippen LogP contribution in [0.2, 0.25) is 0 Å². The minimum atomic E-state index is -4.38. The molecule has 55 heavy (non-hydrogen) atoms. The molecule has 0 aliphatic rings. The van der Waals surface area contributed by atoms with Crippen LogP contribution in [0.1, 0.15) is 5.56 Å². The molecule has 0 saturated heterocycles. The molecule has 27 heteroatoms. The summed E-state index contributed by atoms with van der Waals surface area (Å²) in [6.07, 6.45) is -0.0593. The normalized spacial score (nSPS) is 12.8. The van der Waals surface area contributed by atoms with Gasteiger partial charge in [-0.2, -0.15) is 40.6 Å². The fourth-order valence-electron chi connectivity index (χ4n) is 3.96. The molecule has 0 radical (unpaired) electrons. The molecule has 3 rings (SSSR count). The summed E-state index contributed by atoms with van der Waals surface area (Å²) in [6.45, 7) is -0.926. The van der Waals surface area contributed by atoms with Crippen molar-refractivity contribution in [2.24, 2.45) is 26.2 Å². The van der Waals surface area contributed by atoms with Gasteiger partial charge in [0.05, 0.1) is 59.4 Å². The maximum atomic E-state index is 12.2. The SMILES string of the molecule is CN=Nc1ccc(S(=O)(=O)CCOCS(=O)(=O)O)cc1S(=O)(=O)OC.NC(=O)Cc1cccc(N)c1N=Nc1ccc(S(=O)(=O)CCOCS(=O)(=O)O)cc1. The van der Waals surface area contributed by atoms with E-state index in [4.69, 9.17) is 20.6 Å². The molecule has 0 aliphatic heterocycles. The summed E-state index contributed by atoms with van der Waals surface area (Å²) in [6, 6.07) is 13.5. The number of anilines is 1. The summed E-state index contributed by atoms with van der Waals surface area (Å²) in [5.74, 6) is -3.69. The highest BCUT2D eigenvalue weighted by Crippen LogP contribution is 2.31. The molecule has 3 aromatic rings. The van der Waals surface area contributed by atoms with Crippen LogP contribution < -0.4 is 11.5 Å². The third kappa shape index (κ3) is 16.1. The van der Waals surface area contributed by atoms with E-state index >= 15 is 0 Å². The maximum Gasteiger partial charge on any atom is 0.298 e. The van der Waals surface area contributed by atoms with Gasteiger partial charge in [-0.3, -0.25) is 18.1 Å². The first kappa shape index (κ1) is 46.8. The van der Waals surface area contributed by atoms with Crippen molar-refractivity contribution in [1.29, 1.82) is 0 Å². The number of hydrogen-bond donors (Lipinski definition) is 4. The molecule has 0 fully saturated rings. The Bertz CT molecular complexity index is 2440. The van der Waals surface area contributed by atoms with Crippen molar-refractivity contribution in [3.05, 3.63) is 66.2 Å². The minimum absolute atomic E-state index is 0.0226. The van der Waals surface area contributed by atoms with Gasteiger partial charge in [0.1, 0.15) is 16.3 Å². The molecule has 0 bridgehead atoms. The lowest BCUT2D eigenvalue weighted by molar-refractivity contribution is -0.117. The fourth-order valence-corrected chi connectivity index (χ4v) is 7.78. The zero-order valence-electron chi connectivity index (χ0n) is 28.8. The molecule has 0 spiro atoms. The van der Waals surface area contributed by atoms with Crippen LogP contribution in [-0.2, 0) is 74.9 Å². The number of carbonyl (C=O) groups excluding carboxylic acids is 1. The molecule has 0 aromatic heterocycles. The highest BCUT2D eigenvalue weighted by atomic mass is 32.2. The fraction of sp³-hybridized carbons (Fsp3) is 0.321. The van der Waals surface area contributed by atoms with Crippen LogP contribution >= 0.6 is 0 Å². The lowest BCUT2D eigenvalue weighted by Gasteiger charge is -2.09. The number of primary amides is 1. The van der Waals surface area contributed by atoms with Crippen LogP contribution in [0.3, 0.4) is 0 Å². The van der Waals surface area contributed by atoms with Crippen LogP contribution in [0.5, 0.6) is 0 Å². The number of nitrogen functional groups attached to an aromatic ring is 1. The van der Waals surface area contributed by atoms with Crippen LogP contribution in [-0.4, -0.2) is 108 Å². The van der Waals surface area contributed by atoms with Gasteiger partial charge < -0.3 is 20.9 Å². The number of hydrogen-bond acceptors (Lipinski definition) is 19. The molecular formula is C28H36N6O16S5. The van der Waals surface area contributed by atoms with Crippen molar-refractivity contribution >= 4 is 78.7 Å². The predicted octanol–water partition coefficient (Wildman–Crippen LogP) is 1.72. The largest absolute Gasteiger partial charge is 0.397 e. The zero-order chi connectivity index (χ0) is 41.7. The number of benzene rings is 3. The Labute approximate surface area is 317 Å². The number of amides is 1. The van der Waals surface area contributed by atoms with Gasteiger partial charge >= 0.3 is 0 Å². The second-order valence-corrected chi connectivity index (χ2v) is 19.3. The molecule has 6 N–H and O–H groups in total. The van der Waals surface area contributed by atoms with E-state index in [9.17, 15) is 46.9 Å². The van der Waals surface area contributed by atoms with Crippen molar-refractivity contribution < 1.29 is 69.6 Å². The highest BCUT2D eigenvalue weighted by Gasteiger charge is 2.24. The lowest BCUT2D eigenvalue weighted by atomic mass is 10.1. The smallest absolute Gasteiger partial charge is 0.298 e. The topological polar surface area (TPSA) is 357 Å². The Morgan fingerprint density at radius 3 is 1.75 bits per heavy atom. The Morgan fingerprint density at radius 1 is 0.727 bits per heavy atom. The first-order chi connectivity index (χ1) is 25.4. The average Bonchev–Trinajstić information content (AvgIpc) is 3.08. The lowest BCUT2D eigenvalue weighted by Crippen LogP contribution is -2.16. The van der Waals surface area contributed by atoms with Gasteiger partial charge in [-0.25, -0.2) is 16.8 Å². The van der Waals surface area contributed by atoms with Gasteiger partial charge in [-0.05, 0) is 54.1 Å². The van der Waals surface area contributed by atoms with Gasteiger partial charge in [-0.1, -0.05) is 12.1 Å². The van der Waals surface area contributed by atoms with Crippen molar-refractivity contribution in [3.8, 4) is 0 Å². The van der Waals surface area contributed by atoms with Gasteiger partial charge in [0.15, 0.2) is 31.6 Å². The first-order valence-corrected chi connectivity index (χ1v) is 22.8. The molecule has 0 saturated carbocycles. The summed E-state index contributed by atoms with van der Waals surface area (Å²) < 4.78 is 145.